The molecular weight excluding hydrogens is 336 g/mol. The van der Waals surface area contributed by atoms with E-state index in [0.717, 1.165) is 22.9 Å². The molecule has 4 rings (SSSR count). The van der Waals surface area contributed by atoms with Crippen LogP contribution in [0.5, 0.6) is 0 Å². The van der Waals surface area contributed by atoms with Crippen LogP contribution in [0.3, 0.4) is 0 Å². The Kier molecular flexibility index (Phi) is 3.90. The van der Waals surface area contributed by atoms with Crippen LogP contribution in [0.2, 0.25) is 0 Å². The molecule has 136 valence electrons. The number of fused-ring (bicyclic) bond motifs is 1. The predicted octanol–water partition coefficient (Wildman–Crippen LogP) is 1.56. The summed E-state index contributed by atoms with van der Waals surface area (Å²) in [5.74, 6) is -0.873. The highest BCUT2D eigenvalue weighted by molar-refractivity contribution is 6.02. The van der Waals surface area contributed by atoms with E-state index in [1.165, 1.54) is 4.90 Å². The quantitative estimate of drug-likeness (QED) is 0.795. The van der Waals surface area contributed by atoms with Crippen LogP contribution in [0.15, 0.2) is 18.2 Å². The second-order valence-corrected chi connectivity index (χ2v) is 6.97. The summed E-state index contributed by atoms with van der Waals surface area (Å²) in [6, 6.07) is 5.88. The number of nitrogens with one attached hydrogen (secondary N) is 1. The summed E-state index contributed by atoms with van der Waals surface area (Å²) in [5, 5.41) is 17.1. The van der Waals surface area contributed by atoms with Gasteiger partial charge in [-0.3, -0.25) is 19.6 Å². The zero-order chi connectivity index (χ0) is 18.4. The second kappa shape index (κ2) is 6.12. The number of aromatic nitrogens is 2. The highest BCUT2D eigenvalue weighted by atomic mass is 16.4. The topological polar surface area (TPSA) is 105 Å². The minimum atomic E-state index is -0.895. The third-order valence-corrected chi connectivity index (χ3v) is 5.39. The monoisotopic (exact) mass is 356 g/mol. The van der Waals surface area contributed by atoms with Crippen molar-refractivity contribution in [1.29, 1.82) is 0 Å². The molecule has 2 atom stereocenters. The molecule has 0 aliphatic carbocycles. The number of carboxylic acid groups (broad SMARTS) is 1. The lowest BCUT2D eigenvalue weighted by atomic mass is 9.90. The first-order valence-electron chi connectivity index (χ1n) is 8.72. The van der Waals surface area contributed by atoms with Crippen molar-refractivity contribution in [3.8, 4) is 0 Å². The number of para-hydroxylation sites is 1. The smallest absolute Gasteiger partial charge is 0.407 e. The number of imide groups is 1. The summed E-state index contributed by atoms with van der Waals surface area (Å²) in [5.41, 5.74) is 2.67. The van der Waals surface area contributed by atoms with Gasteiger partial charge in [0.05, 0.1) is 17.1 Å². The number of carbonyl (C=O) groups excluding carboxylic acids is 2. The minimum absolute atomic E-state index is 0.111. The summed E-state index contributed by atoms with van der Waals surface area (Å²) in [6.45, 7) is 0.988. The lowest BCUT2D eigenvalue weighted by molar-refractivity contribution is -0.134. The Balaban J connectivity index is 1.74. The van der Waals surface area contributed by atoms with Crippen LogP contribution in [0.4, 0.5) is 4.79 Å². The molecule has 2 aromatic rings. The maximum atomic E-state index is 12.3. The van der Waals surface area contributed by atoms with Crippen molar-refractivity contribution < 1.29 is 19.5 Å². The average Bonchev–Trinajstić information content (AvgIpc) is 3.21. The van der Waals surface area contributed by atoms with E-state index in [0.29, 0.717) is 31.6 Å². The molecule has 2 aliphatic heterocycles. The molecule has 0 spiro atoms. The molecule has 8 heteroatoms. The van der Waals surface area contributed by atoms with Gasteiger partial charge >= 0.3 is 6.09 Å². The second-order valence-electron chi connectivity index (χ2n) is 6.97. The zero-order valence-electron chi connectivity index (χ0n) is 14.4. The standard InChI is InChI=1S/C18H20N4O4/c1-21-16-11(10-7-8-22(9-10)18(25)26)3-2-4-12(16)15(20-21)13-5-6-14(23)19-17(13)24/h2-4,10,13H,5-9H2,1H3,(H,25,26)(H,19,23,24)/t10-,13?/m1/s1. The van der Waals surface area contributed by atoms with Gasteiger partial charge in [-0.15, -0.1) is 0 Å². The van der Waals surface area contributed by atoms with E-state index >= 15 is 0 Å². The molecule has 2 saturated heterocycles. The van der Waals surface area contributed by atoms with E-state index in [4.69, 9.17) is 0 Å². The normalized spacial score (nSPS) is 23.5. The number of amides is 3. The summed E-state index contributed by atoms with van der Waals surface area (Å²) in [6.07, 6.45) is 0.639. The maximum Gasteiger partial charge on any atom is 0.407 e. The first-order valence-corrected chi connectivity index (χ1v) is 8.72. The number of aryl methyl sites for hydroxylation is 1. The Morgan fingerprint density at radius 1 is 1.31 bits per heavy atom. The van der Waals surface area contributed by atoms with Crippen LogP contribution in [-0.4, -0.2) is 50.8 Å². The summed E-state index contributed by atoms with van der Waals surface area (Å²) >= 11 is 0. The number of carbonyl (C=O) groups is 3. The SMILES string of the molecule is Cn1nc(C2CCC(=O)NC2=O)c2cccc([C@@H]3CCN(C(=O)O)C3)c21. The number of nitrogens with zero attached hydrogens (tertiary/aromatic N) is 3. The number of likely N-dealkylation sites (tertiary alicyclic amines) is 1. The van der Waals surface area contributed by atoms with Gasteiger partial charge in [0, 0.05) is 37.9 Å². The molecule has 1 aromatic heterocycles. The van der Waals surface area contributed by atoms with E-state index in [9.17, 15) is 19.5 Å². The number of piperidine rings is 1. The number of rotatable bonds is 2. The number of benzene rings is 1. The first kappa shape index (κ1) is 16.6. The third-order valence-electron chi connectivity index (χ3n) is 5.39. The van der Waals surface area contributed by atoms with Gasteiger partial charge in [0.2, 0.25) is 11.8 Å². The molecule has 3 amide bonds. The highest BCUT2D eigenvalue weighted by Crippen LogP contribution is 2.36. The van der Waals surface area contributed by atoms with Gasteiger partial charge in [0.15, 0.2) is 0 Å². The molecule has 2 fully saturated rings. The molecule has 26 heavy (non-hydrogen) atoms. The van der Waals surface area contributed by atoms with E-state index in [-0.39, 0.29) is 17.7 Å². The average molecular weight is 356 g/mol. The van der Waals surface area contributed by atoms with Gasteiger partial charge in [-0.2, -0.15) is 5.10 Å². The van der Waals surface area contributed by atoms with Crippen LogP contribution in [0.1, 0.15) is 42.4 Å². The Labute approximate surface area is 149 Å². The summed E-state index contributed by atoms with van der Waals surface area (Å²) < 4.78 is 1.77. The Morgan fingerprint density at radius 3 is 2.81 bits per heavy atom. The molecule has 2 N–H and O–H groups in total. The maximum absolute atomic E-state index is 12.3. The number of hydrogen-bond donors (Lipinski definition) is 2. The fourth-order valence-corrected chi connectivity index (χ4v) is 4.12. The lowest BCUT2D eigenvalue weighted by Gasteiger charge is -2.19. The molecule has 3 heterocycles. The van der Waals surface area contributed by atoms with Gasteiger partial charge in [0.1, 0.15) is 0 Å². The fourth-order valence-electron chi connectivity index (χ4n) is 4.12. The van der Waals surface area contributed by atoms with E-state index in [1.54, 1.807) is 4.68 Å². The Bertz CT molecular complexity index is 919. The number of hydrogen-bond acceptors (Lipinski definition) is 4. The molecule has 0 bridgehead atoms. The van der Waals surface area contributed by atoms with Crippen LogP contribution in [0, 0.1) is 0 Å². The first-order chi connectivity index (χ1) is 12.5. The van der Waals surface area contributed by atoms with Gasteiger partial charge in [-0.25, -0.2) is 4.79 Å². The van der Waals surface area contributed by atoms with Gasteiger partial charge < -0.3 is 10.0 Å². The largest absolute Gasteiger partial charge is 0.465 e. The van der Waals surface area contributed by atoms with Crippen LogP contribution < -0.4 is 5.32 Å². The molecule has 2 aliphatic rings. The van der Waals surface area contributed by atoms with Crippen LogP contribution in [-0.2, 0) is 16.6 Å². The van der Waals surface area contributed by atoms with Gasteiger partial charge in [-0.1, -0.05) is 18.2 Å². The van der Waals surface area contributed by atoms with Crippen molar-refractivity contribution in [2.45, 2.75) is 31.1 Å². The molecule has 1 unspecified atom stereocenters. The lowest BCUT2D eigenvalue weighted by Crippen LogP contribution is -2.39. The van der Waals surface area contributed by atoms with Crippen LogP contribution in [0.25, 0.3) is 10.9 Å². The predicted molar refractivity (Wildman–Crippen MR) is 92.8 cm³/mol. The molecule has 0 saturated carbocycles. The van der Waals surface area contributed by atoms with E-state index < -0.39 is 12.0 Å². The third kappa shape index (κ3) is 2.61. The van der Waals surface area contributed by atoms with Crippen molar-refractivity contribution in [3.05, 3.63) is 29.5 Å². The van der Waals surface area contributed by atoms with Crippen molar-refractivity contribution >= 4 is 28.8 Å². The molecule has 8 nitrogen and oxygen atoms in total. The van der Waals surface area contributed by atoms with Crippen molar-refractivity contribution in [1.82, 2.24) is 20.0 Å². The summed E-state index contributed by atoms with van der Waals surface area (Å²) in [7, 11) is 1.84. The molecule has 1 aromatic carbocycles. The van der Waals surface area contributed by atoms with Gasteiger partial charge in [-0.05, 0) is 18.4 Å². The summed E-state index contributed by atoms with van der Waals surface area (Å²) in [4.78, 5) is 36.3. The highest BCUT2D eigenvalue weighted by Gasteiger charge is 2.33. The van der Waals surface area contributed by atoms with Crippen molar-refractivity contribution in [2.24, 2.45) is 7.05 Å². The van der Waals surface area contributed by atoms with Crippen molar-refractivity contribution in [3.63, 3.8) is 0 Å². The van der Waals surface area contributed by atoms with Crippen molar-refractivity contribution in [2.75, 3.05) is 13.1 Å². The van der Waals surface area contributed by atoms with Crippen LogP contribution >= 0.6 is 0 Å². The zero-order valence-corrected chi connectivity index (χ0v) is 14.4. The molecular formula is C18H20N4O4. The van der Waals surface area contributed by atoms with E-state index in [1.807, 2.05) is 25.2 Å². The minimum Gasteiger partial charge on any atom is -0.465 e. The fraction of sp³-hybridized carbons (Fsp3) is 0.444. The van der Waals surface area contributed by atoms with E-state index in [2.05, 4.69) is 10.4 Å². The Morgan fingerprint density at radius 2 is 2.12 bits per heavy atom. The Hall–Kier alpha value is -2.90. The molecule has 0 radical (unpaired) electrons. The van der Waals surface area contributed by atoms with Gasteiger partial charge in [0.25, 0.3) is 0 Å².